The molecule has 1 aliphatic heterocycles. The first kappa shape index (κ1) is 11.6. The number of halogens is 1. The van der Waals surface area contributed by atoms with Gasteiger partial charge in [-0.3, -0.25) is 0 Å². The Balaban J connectivity index is 0.000001000. The largest absolute Gasteiger partial charge is 1.00 e. The van der Waals surface area contributed by atoms with Crippen LogP contribution in [0, 0.1) is 0 Å². The number of ether oxygens (including phenoxy) is 1. The van der Waals surface area contributed by atoms with Crippen molar-refractivity contribution in [1.29, 1.82) is 0 Å². The second-order valence-corrected chi connectivity index (χ2v) is 3.99. The van der Waals surface area contributed by atoms with Crippen LogP contribution in [0.4, 0.5) is 0 Å². The zero-order valence-electron chi connectivity index (χ0n) is 7.64. The van der Waals surface area contributed by atoms with Gasteiger partial charge in [0.25, 0.3) is 0 Å². The number of nitrogens with zero attached hydrogens (tertiary/aromatic N) is 1. The van der Waals surface area contributed by atoms with Crippen molar-refractivity contribution in [2.45, 2.75) is 18.9 Å². The Morgan fingerprint density at radius 2 is 1.91 bits per heavy atom. The molecule has 0 saturated carbocycles. The average molecular weight is 271 g/mol. The van der Waals surface area contributed by atoms with Crippen LogP contribution in [0.5, 0.6) is 0 Å². The van der Waals surface area contributed by atoms with Gasteiger partial charge in [-0.2, -0.15) is 0 Å². The van der Waals surface area contributed by atoms with Crippen LogP contribution in [0.2, 0.25) is 0 Å². The molecule has 68 valence electrons. The van der Waals surface area contributed by atoms with Crippen molar-refractivity contribution in [1.82, 2.24) is 0 Å². The van der Waals surface area contributed by atoms with Gasteiger partial charge in [-0.05, 0) is 6.42 Å². The quantitative estimate of drug-likeness (QED) is 0.391. The molecule has 0 radical (unpaired) electrons. The zero-order chi connectivity index (χ0) is 7.61. The number of likely N-dealkylation sites (N-methyl/N-ethyl adjacent to an activating group) is 1. The molecule has 0 aliphatic carbocycles. The minimum atomic E-state index is 0. The molecule has 1 unspecified atom stereocenters. The van der Waals surface area contributed by atoms with Crippen molar-refractivity contribution >= 4 is 0 Å². The molecule has 0 spiro atoms. The van der Waals surface area contributed by atoms with E-state index in [1.54, 1.807) is 0 Å². The maximum Gasteiger partial charge on any atom is 0.112 e. The lowest BCUT2D eigenvalue weighted by molar-refractivity contribution is -0.898. The zero-order valence-corrected chi connectivity index (χ0v) is 9.80. The molecule has 0 bridgehead atoms. The molecule has 1 saturated heterocycles. The van der Waals surface area contributed by atoms with Crippen LogP contribution in [0.15, 0.2) is 0 Å². The van der Waals surface area contributed by atoms with Gasteiger partial charge in [-0.15, -0.1) is 0 Å². The Hall–Kier alpha value is 0.650. The van der Waals surface area contributed by atoms with Gasteiger partial charge in [0, 0.05) is 13.0 Å². The van der Waals surface area contributed by atoms with Crippen LogP contribution in [0.1, 0.15) is 12.8 Å². The first-order valence-electron chi connectivity index (χ1n) is 3.99. The topological polar surface area (TPSA) is 9.23 Å². The predicted octanol–water partition coefficient (Wildman–Crippen LogP) is -2.12. The van der Waals surface area contributed by atoms with Gasteiger partial charge >= 0.3 is 0 Å². The predicted molar refractivity (Wildman–Crippen MR) is 41.9 cm³/mol. The van der Waals surface area contributed by atoms with E-state index >= 15 is 0 Å². The Kier molecular flexibility index (Phi) is 4.89. The third-order valence-electron chi connectivity index (χ3n) is 2.23. The Labute approximate surface area is 86.5 Å². The SMILES string of the molecule is C[N+](C)(C)C1CCCOC1.[I-]. The van der Waals surface area contributed by atoms with Gasteiger partial charge in [0.2, 0.25) is 0 Å². The van der Waals surface area contributed by atoms with Gasteiger partial charge in [0.15, 0.2) is 0 Å². The van der Waals surface area contributed by atoms with E-state index in [1.807, 2.05) is 0 Å². The normalized spacial score (nSPS) is 25.9. The number of hydrogen-bond acceptors (Lipinski definition) is 1. The van der Waals surface area contributed by atoms with Crippen LogP contribution in [0.3, 0.4) is 0 Å². The van der Waals surface area contributed by atoms with Crippen LogP contribution in [-0.4, -0.2) is 44.9 Å². The molecule has 1 aliphatic rings. The fraction of sp³-hybridized carbons (Fsp3) is 1.00. The highest BCUT2D eigenvalue weighted by Gasteiger charge is 2.25. The highest BCUT2D eigenvalue weighted by Crippen LogP contribution is 2.14. The van der Waals surface area contributed by atoms with Crippen molar-refractivity contribution in [2.24, 2.45) is 0 Å². The van der Waals surface area contributed by atoms with Crippen molar-refractivity contribution in [3.63, 3.8) is 0 Å². The average Bonchev–Trinajstić information content (AvgIpc) is 1.88. The van der Waals surface area contributed by atoms with E-state index in [4.69, 9.17) is 4.74 Å². The minimum absolute atomic E-state index is 0. The van der Waals surface area contributed by atoms with Crippen molar-refractivity contribution < 1.29 is 33.2 Å². The molecule has 0 amide bonds. The lowest BCUT2D eigenvalue weighted by Gasteiger charge is -2.36. The van der Waals surface area contributed by atoms with E-state index < -0.39 is 0 Å². The van der Waals surface area contributed by atoms with E-state index in [1.165, 1.54) is 12.8 Å². The van der Waals surface area contributed by atoms with E-state index in [9.17, 15) is 0 Å². The first-order valence-corrected chi connectivity index (χ1v) is 3.99. The maximum atomic E-state index is 5.39. The highest BCUT2D eigenvalue weighted by atomic mass is 127. The molecule has 1 atom stereocenters. The van der Waals surface area contributed by atoms with E-state index in [0.29, 0.717) is 6.04 Å². The standard InChI is InChI=1S/C8H18NO.HI/c1-9(2,3)8-5-4-6-10-7-8;/h8H,4-7H2,1-3H3;1H/q+1;/p-1. The van der Waals surface area contributed by atoms with Crippen molar-refractivity contribution in [3.8, 4) is 0 Å². The Morgan fingerprint density at radius 3 is 2.18 bits per heavy atom. The summed E-state index contributed by atoms with van der Waals surface area (Å²) in [5, 5.41) is 0. The summed E-state index contributed by atoms with van der Waals surface area (Å²) in [6, 6.07) is 0.716. The van der Waals surface area contributed by atoms with E-state index in [0.717, 1.165) is 17.7 Å². The molecule has 0 aromatic rings. The second-order valence-electron chi connectivity index (χ2n) is 3.99. The molecule has 1 heterocycles. The molecule has 0 N–H and O–H groups in total. The fourth-order valence-electron chi connectivity index (χ4n) is 1.33. The molecule has 2 nitrogen and oxygen atoms in total. The van der Waals surface area contributed by atoms with Gasteiger partial charge in [-0.25, -0.2) is 0 Å². The monoisotopic (exact) mass is 271 g/mol. The fourth-order valence-corrected chi connectivity index (χ4v) is 1.33. The van der Waals surface area contributed by atoms with Gasteiger partial charge < -0.3 is 33.2 Å². The molecule has 0 aromatic heterocycles. The van der Waals surface area contributed by atoms with Gasteiger partial charge in [0.05, 0.1) is 27.7 Å². The summed E-state index contributed by atoms with van der Waals surface area (Å²) in [6.45, 7) is 1.92. The molecule has 1 rings (SSSR count). The van der Waals surface area contributed by atoms with Crippen LogP contribution in [-0.2, 0) is 4.74 Å². The smallest absolute Gasteiger partial charge is 0.112 e. The molecule has 11 heavy (non-hydrogen) atoms. The third kappa shape index (κ3) is 3.71. The van der Waals surface area contributed by atoms with Crippen LogP contribution >= 0.6 is 0 Å². The van der Waals surface area contributed by atoms with E-state index in [2.05, 4.69) is 21.1 Å². The minimum Gasteiger partial charge on any atom is -1.00 e. The molecule has 3 heteroatoms. The lowest BCUT2D eigenvalue weighted by atomic mass is 10.1. The highest BCUT2D eigenvalue weighted by molar-refractivity contribution is 4.61. The van der Waals surface area contributed by atoms with Crippen LogP contribution < -0.4 is 24.0 Å². The summed E-state index contributed by atoms with van der Waals surface area (Å²) in [4.78, 5) is 0. The molecule has 1 fully saturated rings. The Morgan fingerprint density at radius 1 is 1.27 bits per heavy atom. The van der Waals surface area contributed by atoms with Crippen molar-refractivity contribution in [3.05, 3.63) is 0 Å². The molecular formula is C8H18INO. The van der Waals surface area contributed by atoms with Crippen molar-refractivity contribution in [2.75, 3.05) is 34.4 Å². The first-order chi connectivity index (χ1) is 4.61. The van der Waals surface area contributed by atoms with Crippen LogP contribution in [0.25, 0.3) is 0 Å². The number of rotatable bonds is 1. The summed E-state index contributed by atoms with van der Waals surface area (Å²) < 4.78 is 6.43. The summed E-state index contributed by atoms with van der Waals surface area (Å²) >= 11 is 0. The number of hydrogen-bond donors (Lipinski definition) is 0. The third-order valence-corrected chi connectivity index (χ3v) is 2.23. The number of quaternary nitrogens is 1. The molecule has 0 aromatic carbocycles. The maximum absolute atomic E-state index is 5.39. The summed E-state index contributed by atoms with van der Waals surface area (Å²) in [6.07, 6.45) is 2.56. The summed E-state index contributed by atoms with van der Waals surface area (Å²) in [5.74, 6) is 0. The molecular weight excluding hydrogens is 253 g/mol. The lowest BCUT2D eigenvalue weighted by Crippen LogP contribution is -3.00. The van der Waals surface area contributed by atoms with Gasteiger partial charge in [0.1, 0.15) is 6.04 Å². The van der Waals surface area contributed by atoms with Gasteiger partial charge in [-0.1, -0.05) is 0 Å². The summed E-state index contributed by atoms with van der Waals surface area (Å²) in [5.41, 5.74) is 0. The summed E-state index contributed by atoms with van der Waals surface area (Å²) in [7, 11) is 6.71. The van der Waals surface area contributed by atoms with E-state index in [-0.39, 0.29) is 24.0 Å². The Bertz CT molecular complexity index is 105. The second kappa shape index (κ2) is 4.62.